The van der Waals surface area contributed by atoms with Crippen LogP contribution >= 0.6 is 0 Å². The summed E-state index contributed by atoms with van der Waals surface area (Å²) in [6.07, 6.45) is 13.8. The number of nitrogens with two attached hydrogens (primary N) is 2. The maximum Gasteiger partial charge on any atom is 0.328 e. The number of anilines is 1. The molecule has 4 aromatic rings. The number of carbonyl (C=O) groups is 6. The number of aromatic amines is 1. The van der Waals surface area contributed by atoms with Gasteiger partial charge in [-0.15, -0.1) is 0 Å². The van der Waals surface area contributed by atoms with E-state index in [1.807, 2.05) is 47.4 Å². The van der Waals surface area contributed by atoms with Crippen LogP contribution in [0.25, 0.3) is 22.2 Å². The molecular weight excluding hydrogens is 784 g/mol. The molecule has 316 valence electrons. The van der Waals surface area contributed by atoms with Crippen molar-refractivity contribution >= 4 is 52.7 Å². The van der Waals surface area contributed by atoms with Crippen molar-refractivity contribution in [3.05, 3.63) is 104 Å². The van der Waals surface area contributed by atoms with Gasteiger partial charge in [0.25, 0.3) is 0 Å². The molecule has 2 aliphatic heterocycles. The topological polar surface area (TPSA) is 312 Å². The number of aromatic nitrogens is 3. The number of carboxylic acid groups (broad SMARTS) is 6. The van der Waals surface area contributed by atoms with E-state index in [0.717, 1.165) is 51.8 Å². The van der Waals surface area contributed by atoms with E-state index in [0.29, 0.717) is 48.3 Å². The van der Waals surface area contributed by atoms with Crippen molar-refractivity contribution in [3.8, 4) is 22.6 Å². The van der Waals surface area contributed by atoms with Crippen LogP contribution in [-0.4, -0.2) is 107 Å². The van der Waals surface area contributed by atoms with Gasteiger partial charge in [0.2, 0.25) is 17.8 Å². The molecule has 3 fully saturated rings. The number of H-pyrrole nitrogens is 1. The van der Waals surface area contributed by atoms with Crippen LogP contribution in [0.2, 0.25) is 0 Å². The molecule has 0 spiro atoms. The van der Waals surface area contributed by atoms with Gasteiger partial charge in [0.05, 0.1) is 24.7 Å². The minimum absolute atomic E-state index is 0.488. The lowest BCUT2D eigenvalue weighted by atomic mass is 9.89. The van der Waals surface area contributed by atoms with Gasteiger partial charge in [0.1, 0.15) is 42.1 Å². The van der Waals surface area contributed by atoms with Crippen LogP contribution in [-0.2, 0) is 28.8 Å². The van der Waals surface area contributed by atoms with E-state index in [1.165, 1.54) is 45.2 Å². The third-order valence-corrected chi connectivity index (χ3v) is 9.92. The Labute approximate surface area is 342 Å². The number of ether oxygens (including phenoxy) is 1. The molecule has 3 aliphatic rings. The summed E-state index contributed by atoms with van der Waals surface area (Å²) in [5.41, 5.74) is 9.75. The van der Waals surface area contributed by atoms with E-state index in [9.17, 15) is 28.8 Å². The van der Waals surface area contributed by atoms with Crippen molar-refractivity contribution in [3.63, 3.8) is 0 Å². The van der Waals surface area contributed by atoms with Crippen LogP contribution in [0, 0.1) is 0 Å². The number of piperazine rings is 1. The molecule has 2 bridgehead atoms. The quantitative estimate of drug-likeness (QED) is 0.0957. The number of para-hydroxylation sites is 1. The average Bonchev–Trinajstić information content (AvgIpc) is 3.96. The molecule has 4 heterocycles. The Kier molecular flexibility index (Phi) is 16.6. The fourth-order valence-electron chi connectivity index (χ4n) is 7.50. The monoisotopic (exact) mass is 831 g/mol. The number of quaternary nitrogens is 2. The van der Waals surface area contributed by atoms with Gasteiger partial charge >= 0.3 is 35.8 Å². The van der Waals surface area contributed by atoms with Crippen LogP contribution in [0.3, 0.4) is 0 Å². The lowest BCUT2D eigenvalue weighted by Gasteiger charge is -2.35. The first-order chi connectivity index (χ1) is 28.6. The fourth-order valence-corrected chi connectivity index (χ4v) is 7.50. The predicted molar refractivity (Wildman–Crippen MR) is 212 cm³/mol. The average molecular weight is 832 g/mol. The minimum atomic E-state index is -1.26. The van der Waals surface area contributed by atoms with Gasteiger partial charge in [-0.25, -0.2) is 33.8 Å². The van der Waals surface area contributed by atoms with Gasteiger partial charge in [-0.1, -0.05) is 35.3 Å². The summed E-state index contributed by atoms with van der Waals surface area (Å²) < 4.78 is 8.44. The van der Waals surface area contributed by atoms with Crippen molar-refractivity contribution in [2.75, 3.05) is 18.8 Å². The molecule has 0 amide bonds. The lowest BCUT2D eigenvalue weighted by Crippen LogP contribution is -3.23. The third-order valence-electron chi connectivity index (χ3n) is 9.92. The molecule has 1 saturated carbocycles. The number of benzene rings is 2. The second-order valence-corrected chi connectivity index (χ2v) is 13.9. The molecule has 12 N–H and O–H groups in total. The Balaban J connectivity index is 0.000000271. The predicted octanol–water partition coefficient (Wildman–Crippen LogP) is 1.11. The zero-order valence-electron chi connectivity index (χ0n) is 32.2. The van der Waals surface area contributed by atoms with E-state index in [-0.39, 0.29) is 0 Å². The first-order valence-corrected chi connectivity index (χ1v) is 18.7. The number of rotatable bonds is 11. The van der Waals surface area contributed by atoms with Crippen molar-refractivity contribution < 1.29 is 79.3 Å². The Bertz CT molecular complexity index is 2100. The third kappa shape index (κ3) is 13.9. The van der Waals surface area contributed by atoms with E-state index in [2.05, 4.69) is 38.2 Å². The highest BCUT2D eigenvalue weighted by Gasteiger charge is 2.49. The first kappa shape index (κ1) is 45.3. The second kappa shape index (κ2) is 22.0. The fraction of sp³-hybridized carbons (Fsp3) is 0.268. The SMILES string of the molecule is Nc1nc[nH+]c2c1c(-c1ccc(Oc3ccccc3)cc1)cn2C1CCC([NH+]2C[C@H]3C[C@@H]2C[NH2+]3)CC1.O=C(O)/C=C\C(=O)O.O=C(O)/C=C\C(=O)O.O=C(O)/C=C\C(=O)O. The maximum absolute atomic E-state index is 9.55. The van der Waals surface area contributed by atoms with Crippen LogP contribution in [0.15, 0.2) is 104 Å². The Morgan fingerprint density at radius 2 is 1.22 bits per heavy atom. The van der Waals surface area contributed by atoms with Gasteiger partial charge in [-0.3, -0.25) is 4.57 Å². The van der Waals surface area contributed by atoms with Crippen molar-refractivity contribution in [2.24, 2.45) is 0 Å². The zero-order valence-corrected chi connectivity index (χ0v) is 32.2. The van der Waals surface area contributed by atoms with Gasteiger partial charge in [0.15, 0.2) is 0 Å². The number of carboxylic acids is 6. The highest BCUT2D eigenvalue weighted by atomic mass is 16.5. The molecule has 0 radical (unpaired) electrons. The molecule has 2 aromatic heterocycles. The number of hydrogen-bond acceptors (Lipinski definition) is 9. The Hall–Kier alpha value is -7.38. The van der Waals surface area contributed by atoms with Crippen LogP contribution in [0.5, 0.6) is 11.5 Å². The number of nitrogen functional groups attached to an aromatic ring is 1. The van der Waals surface area contributed by atoms with Crippen LogP contribution in [0.4, 0.5) is 5.82 Å². The van der Waals surface area contributed by atoms with E-state index >= 15 is 0 Å². The standard InChI is InChI=1S/C29H32N6O.3C4H4O4/c30-28-27-26(19-6-12-25(13-7-19)36-24-4-2-1-3-5-24)17-35(29(27)33-18-32-28)22-10-8-21(9-11-22)34-16-20-14-23(34)15-31-20;3*5-3(6)1-2-4(7)8/h1-7,12-13,17-18,20-23,31H,8-11,14-16H2,(H2,30,32,33);3*1-2H,(H,5,6)(H,7,8)/p+3/b;3*2-1-/t20-,21?,22?,23-;;;/m1.../s1. The number of aliphatic carboxylic acids is 6. The van der Waals surface area contributed by atoms with Gasteiger partial charge in [0, 0.05) is 54.9 Å². The second-order valence-electron chi connectivity index (χ2n) is 13.9. The van der Waals surface area contributed by atoms with E-state index in [4.69, 9.17) is 41.1 Å². The van der Waals surface area contributed by atoms with Crippen molar-refractivity contribution in [1.29, 1.82) is 0 Å². The normalized spacial score (nSPS) is 20.3. The molecule has 19 heteroatoms. The molecule has 7 rings (SSSR count). The summed E-state index contributed by atoms with van der Waals surface area (Å²) in [5, 5.41) is 50.5. The number of nitrogens with zero attached hydrogens (tertiary/aromatic N) is 2. The Morgan fingerprint density at radius 3 is 1.67 bits per heavy atom. The van der Waals surface area contributed by atoms with Crippen molar-refractivity contribution in [2.45, 2.75) is 56.3 Å². The molecular formula is C41H47N6O13+3. The van der Waals surface area contributed by atoms with E-state index in [1.54, 1.807) is 6.33 Å². The van der Waals surface area contributed by atoms with Gasteiger partial charge in [-0.2, -0.15) is 0 Å². The zero-order chi connectivity index (χ0) is 43.8. The first-order valence-electron chi connectivity index (χ1n) is 18.7. The number of nitrogens with one attached hydrogen (secondary N) is 2. The molecule has 19 nitrogen and oxygen atoms in total. The lowest BCUT2D eigenvalue weighted by molar-refractivity contribution is -0.973. The van der Waals surface area contributed by atoms with Crippen molar-refractivity contribution in [1.82, 2.24) is 9.55 Å². The summed E-state index contributed by atoms with van der Waals surface area (Å²) in [6, 6.07) is 21.3. The molecule has 2 aromatic carbocycles. The largest absolute Gasteiger partial charge is 0.478 e. The number of likely N-dealkylation sites (tertiary alicyclic amines) is 1. The van der Waals surface area contributed by atoms with Gasteiger partial charge in [-0.05, 0) is 42.7 Å². The summed E-state index contributed by atoms with van der Waals surface area (Å²) in [7, 11) is 0. The summed E-state index contributed by atoms with van der Waals surface area (Å²) in [6.45, 7) is 2.71. The number of hydrogen-bond donors (Lipinski definition) is 9. The summed E-state index contributed by atoms with van der Waals surface area (Å²) >= 11 is 0. The van der Waals surface area contributed by atoms with Crippen LogP contribution < -0.4 is 25.7 Å². The highest BCUT2D eigenvalue weighted by Crippen LogP contribution is 2.38. The van der Waals surface area contributed by atoms with E-state index < -0.39 is 35.8 Å². The molecule has 3 atom stereocenters. The molecule has 2 saturated heterocycles. The number of fused-ring (bicyclic) bond motifs is 3. The highest BCUT2D eigenvalue weighted by molar-refractivity contribution is 5.99. The molecule has 60 heavy (non-hydrogen) atoms. The Morgan fingerprint density at radius 1 is 0.717 bits per heavy atom. The smallest absolute Gasteiger partial charge is 0.328 e. The summed E-state index contributed by atoms with van der Waals surface area (Å²) in [4.78, 5) is 67.0. The molecule has 1 unspecified atom stereocenters. The molecule has 1 aliphatic carbocycles. The minimum Gasteiger partial charge on any atom is -0.478 e. The summed E-state index contributed by atoms with van der Waals surface area (Å²) in [5.74, 6) is -5.31. The van der Waals surface area contributed by atoms with Gasteiger partial charge < -0.3 is 51.3 Å². The maximum atomic E-state index is 9.55. The van der Waals surface area contributed by atoms with Crippen LogP contribution in [0.1, 0.15) is 38.1 Å².